The SMILES string of the molecule is CCN1CCN(CC(=O)O)CCN(CC(=O)O)CCN(CC(=O)N[C@H](CCC(=O)NCCOC2CC(CS(O)(O)O)C(O)C(S(O)(O)O)C2O)C(=O)NCCCOCCOCCOCCCNC(=O)CCCOc2cc(C)c(S(=O)[O-])c(C)c2)CC1.Cn1cc(C(=O)NC[C@H](N)C(=O)O)c(=O)c2ccc(CNc3ncc[nH]3)cc21. The van der Waals surface area contributed by atoms with Crippen LogP contribution in [-0.2, 0) is 77.2 Å². The smallest absolute Gasteiger partial charge is 0.322 e. The standard InChI is InChI=1S/C52H94N8O23S3.C18H20N6O4/c1-4-57-14-16-58(18-19-60(35-47(66)67)21-20-59(17-15-57)34-46(64)65)33-45(63)56-41(9-10-44(62)54-13-25-83-42-32-39(36-85(73,74)75)48(68)51(49(42)69)86(76,77)78)52(70)55-12-7-23-80-27-29-81-28-26-79-22-6-11-53-43(61)8-5-24-82-40-30-37(2)50(84(71)72)38(3)31-40;1-24-9-12(16(26)22-8-13(19)17(27)28)15(25)11-3-2-10(6-14(11)24)7-23-18-20-4-5-21-18/h30-31,39,41-42,48-49,51,68-69,73-78H,4-29,32-36H2,1-3H3,(H,53,61)(H,54,62)(H,55,70)(H,56,63)(H,64,65)(H,66,67)(H,71,72);2-6,9,13H,7-8,19H2,1H3,(H,22,26)(H,27,28)(H2,20,21,23)/p-1/t39?,41-,42?,48?,49?,51?;13-/m10/s1. The van der Waals surface area contributed by atoms with Crippen molar-refractivity contribution in [3.8, 4) is 5.75 Å². The Bertz CT molecular complexity index is 3760. The molecule has 1 saturated heterocycles. The molecule has 114 heavy (non-hydrogen) atoms. The summed E-state index contributed by atoms with van der Waals surface area (Å²) in [6.07, 6.45) is 0.702. The molecule has 1 saturated carbocycles. The number of aromatic amines is 1. The van der Waals surface area contributed by atoms with Crippen molar-refractivity contribution in [1.82, 2.24) is 60.7 Å². The van der Waals surface area contributed by atoms with E-state index in [4.69, 9.17) is 34.5 Å². The van der Waals surface area contributed by atoms with Crippen LogP contribution in [0.25, 0.3) is 10.9 Å². The number of aliphatic hydroxyl groups is 2. The van der Waals surface area contributed by atoms with Gasteiger partial charge in [0.1, 0.15) is 28.6 Å². The number of imidazole rings is 1. The molecule has 4 aromatic rings. The summed E-state index contributed by atoms with van der Waals surface area (Å²) in [5.74, 6) is -6.71. The summed E-state index contributed by atoms with van der Waals surface area (Å²) in [6.45, 7) is 10.5. The van der Waals surface area contributed by atoms with E-state index in [0.29, 0.717) is 132 Å². The van der Waals surface area contributed by atoms with Crippen molar-refractivity contribution in [1.29, 1.82) is 0 Å². The lowest BCUT2D eigenvalue weighted by molar-refractivity contribution is -0.140. The minimum absolute atomic E-state index is 0.0750. The third-order valence-electron chi connectivity index (χ3n) is 18.4. The average Bonchev–Trinajstić information content (AvgIpc) is 0.808. The van der Waals surface area contributed by atoms with Gasteiger partial charge in [0.15, 0.2) is 5.95 Å². The van der Waals surface area contributed by atoms with E-state index in [0.717, 1.165) is 5.56 Å². The van der Waals surface area contributed by atoms with Crippen LogP contribution in [0.5, 0.6) is 5.75 Å². The Morgan fingerprint density at radius 1 is 0.702 bits per heavy atom. The van der Waals surface area contributed by atoms with Gasteiger partial charge in [-0.25, -0.2) is 4.98 Å². The van der Waals surface area contributed by atoms with Gasteiger partial charge < -0.3 is 133 Å². The quantitative estimate of drug-likeness (QED) is 0.0196. The summed E-state index contributed by atoms with van der Waals surface area (Å²) >= 11 is -2.34. The average molecular weight is 1680 g/mol. The first-order chi connectivity index (χ1) is 54.0. The highest BCUT2D eigenvalue weighted by Crippen LogP contribution is 2.51. The van der Waals surface area contributed by atoms with Crippen molar-refractivity contribution >= 4 is 97.1 Å². The van der Waals surface area contributed by atoms with E-state index in [2.05, 4.69) is 46.8 Å². The molecule has 644 valence electrons. The second-order valence-corrected chi connectivity index (χ2v) is 31.5. The molecule has 0 radical (unpaired) electrons. The number of nitrogens with zero attached hydrogens (tertiary/aromatic N) is 6. The van der Waals surface area contributed by atoms with Gasteiger partial charge in [-0.2, -0.15) is 0 Å². The number of H-pyrrole nitrogens is 1. The maximum absolute atomic E-state index is 13.8. The molecule has 2 aromatic carbocycles. The lowest BCUT2D eigenvalue weighted by Crippen LogP contribution is -2.57. The molecule has 2 aliphatic rings. The van der Waals surface area contributed by atoms with E-state index in [9.17, 15) is 99.7 Å². The fourth-order valence-corrected chi connectivity index (χ4v) is 15.1. The van der Waals surface area contributed by atoms with Crippen LogP contribution in [0.3, 0.4) is 0 Å². The van der Waals surface area contributed by atoms with Gasteiger partial charge in [0.25, 0.3) is 5.91 Å². The number of aliphatic hydroxyl groups excluding tert-OH is 2. The molecule has 6 rings (SSSR count). The Labute approximate surface area is 665 Å². The molecular formula is C70H113N14O27S3-. The lowest BCUT2D eigenvalue weighted by atomic mass is 9.83. The number of carbonyl (C=O) groups excluding carboxylic acids is 5. The second-order valence-electron chi connectivity index (χ2n) is 27.3. The number of aromatic nitrogens is 3. The van der Waals surface area contributed by atoms with Crippen molar-refractivity contribution in [3.05, 3.63) is 81.4 Å². The third-order valence-corrected chi connectivity index (χ3v) is 21.5. The molecule has 5 amide bonds. The Kier molecular flexibility index (Phi) is 42.6. The number of benzene rings is 2. The Balaban J connectivity index is 0.000000687. The number of likely N-dealkylation sites (N-methyl/N-ethyl adjacent to an activating group) is 1. The van der Waals surface area contributed by atoms with Crippen LogP contribution in [-0.4, -0.2) is 342 Å². The highest BCUT2D eigenvalue weighted by Gasteiger charge is 2.52. The van der Waals surface area contributed by atoms with Gasteiger partial charge >= 0.3 is 17.9 Å². The monoisotopic (exact) mass is 1680 g/mol. The van der Waals surface area contributed by atoms with E-state index in [1.165, 1.54) is 6.20 Å². The van der Waals surface area contributed by atoms with Crippen LogP contribution in [0.15, 0.2) is 58.6 Å². The molecule has 20 N–H and O–H groups in total. The summed E-state index contributed by atoms with van der Waals surface area (Å²) in [4.78, 5) is 127. The van der Waals surface area contributed by atoms with Crippen LogP contribution in [0.4, 0.5) is 5.95 Å². The molecule has 2 aromatic heterocycles. The van der Waals surface area contributed by atoms with Crippen LogP contribution >= 0.6 is 21.7 Å². The van der Waals surface area contributed by atoms with Crippen molar-refractivity contribution in [3.63, 3.8) is 0 Å². The maximum atomic E-state index is 13.8. The first-order valence-corrected chi connectivity index (χ1v) is 41.4. The maximum Gasteiger partial charge on any atom is 0.322 e. The molecular weight excluding hydrogens is 1570 g/mol. The predicted octanol–water partition coefficient (Wildman–Crippen LogP) is -0.487. The number of amides is 5. The fourth-order valence-electron chi connectivity index (χ4n) is 12.4. The molecule has 8 atom stereocenters. The van der Waals surface area contributed by atoms with Gasteiger partial charge in [-0.05, 0) is 105 Å². The zero-order chi connectivity index (χ0) is 84.1. The first kappa shape index (κ1) is 96.9. The molecule has 6 unspecified atom stereocenters. The van der Waals surface area contributed by atoms with Gasteiger partial charge in [-0.3, -0.25) is 62.1 Å². The summed E-state index contributed by atoms with van der Waals surface area (Å²) in [5, 5.41) is 64.1. The number of rotatable bonds is 46. The van der Waals surface area contributed by atoms with Crippen LogP contribution in [0.2, 0.25) is 0 Å². The van der Waals surface area contributed by atoms with Gasteiger partial charge in [0.05, 0.1) is 111 Å². The summed E-state index contributed by atoms with van der Waals surface area (Å²) < 4.78 is 111. The molecule has 44 heteroatoms. The zero-order valence-electron chi connectivity index (χ0n) is 64.4. The van der Waals surface area contributed by atoms with E-state index in [1.54, 1.807) is 71.9 Å². The van der Waals surface area contributed by atoms with Gasteiger partial charge in [-0.1, -0.05) is 13.0 Å². The summed E-state index contributed by atoms with van der Waals surface area (Å²) in [7, 11) is -7.07. The van der Waals surface area contributed by atoms with E-state index >= 15 is 0 Å². The summed E-state index contributed by atoms with van der Waals surface area (Å²) in [6, 6.07) is 6.17. The van der Waals surface area contributed by atoms with Crippen molar-refractivity contribution < 1.29 is 124 Å². The number of anilines is 1. The molecule has 0 spiro atoms. The minimum atomic E-state index is -4.60. The van der Waals surface area contributed by atoms with E-state index in [-0.39, 0.29) is 127 Å². The normalized spacial score (nSPS) is 18.8. The van der Waals surface area contributed by atoms with Crippen LogP contribution in [0, 0.1) is 19.8 Å². The predicted molar refractivity (Wildman–Crippen MR) is 419 cm³/mol. The van der Waals surface area contributed by atoms with Crippen LogP contribution in [0.1, 0.15) is 78.9 Å². The number of hydrogen-bond donors (Lipinski definition) is 19. The van der Waals surface area contributed by atoms with Gasteiger partial charge in [0.2, 0.25) is 29.1 Å². The molecule has 41 nitrogen and oxygen atoms in total. The highest BCUT2D eigenvalue weighted by molar-refractivity contribution is 8.20. The van der Waals surface area contributed by atoms with Crippen molar-refractivity contribution in [2.24, 2.45) is 18.7 Å². The number of nitrogens with two attached hydrogens (primary N) is 1. The summed E-state index contributed by atoms with van der Waals surface area (Å²) in [5.41, 5.74) is 7.64. The number of nitrogens with one attached hydrogen (secondary N) is 7. The van der Waals surface area contributed by atoms with Gasteiger partial charge in [-0.15, -0.1) is 0 Å². The topological polar surface area (TPSA) is 607 Å². The van der Waals surface area contributed by atoms with Crippen molar-refractivity contribution in [2.75, 3.05) is 169 Å². The number of carboxylic acids is 3. The lowest BCUT2D eigenvalue weighted by Gasteiger charge is -2.47. The largest absolute Gasteiger partial charge is 0.768 e. The van der Waals surface area contributed by atoms with Gasteiger partial charge in [0, 0.05) is 153 Å². The zero-order valence-corrected chi connectivity index (χ0v) is 66.9. The number of aliphatic carboxylic acids is 3. The number of carbonyl (C=O) groups is 8. The third kappa shape index (κ3) is 35.8. The van der Waals surface area contributed by atoms with Crippen molar-refractivity contribution in [2.45, 2.75) is 113 Å². The number of aryl methyl sites for hydroxylation is 3. The molecule has 1 aliphatic heterocycles. The molecule has 3 heterocycles. The fraction of sp³-hybridized carbons (Fsp3) is 0.629. The highest BCUT2D eigenvalue weighted by atomic mass is 32.3. The second kappa shape index (κ2) is 50.1. The molecule has 1 aliphatic carbocycles. The number of carboxylic acid groups (broad SMARTS) is 3. The number of ether oxygens (including phenoxy) is 5. The molecule has 0 bridgehead atoms. The number of hydrogen-bond acceptors (Lipinski definition) is 31. The Morgan fingerprint density at radius 2 is 1.26 bits per heavy atom. The van der Waals surface area contributed by atoms with Crippen LogP contribution < -0.4 is 47.8 Å². The minimum Gasteiger partial charge on any atom is -0.768 e. The number of pyridine rings is 1. The number of fused-ring (bicyclic) bond motifs is 1. The first-order valence-electron chi connectivity index (χ1n) is 37.1. The Morgan fingerprint density at radius 3 is 1.81 bits per heavy atom. The molecule has 2 fully saturated rings. The van der Waals surface area contributed by atoms with E-state index in [1.807, 2.05) is 17.9 Å². The Hall–Kier alpha value is -7.65. The van der Waals surface area contributed by atoms with E-state index < -0.39 is 127 Å².